The number of allylic oxidation sites excluding steroid dienone is 1. The molecule has 1 fully saturated rings. The van der Waals surface area contributed by atoms with E-state index in [0.29, 0.717) is 18.0 Å². The molecular weight excluding hydrogens is 330 g/mol. The summed E-state index contributed by atoms with van der Waals surface area (Å²) < 4.78 is 27.1. The van der Waals surface area contributed by atoms with Crippen molar-refractivity contribution in [3.63, 3.8) is 0 Å². The molecule has 0 bridgehead atoms. The molecule has 0 amide bonds. The van der Waals surface area contributed by atoms with Gasteiger partial charge in [0.1, 0.15) is 0 Å². The number of rotatable bonds is 5. The Morgan fingerprint density at radius 1 is 1.12 bits per heavy atom. The van der Waals surface area contributed by atoms with Gasteiger partial charge in [-0.15, -0.1) is 0 Å². The maximum Gasteiger partial charge on any atom is 0.243 e. The molecule has 0 aliphatic carbocycles. The highest BCUT2D eigenvalue weighted by molar-refractivity contribution is 7.89. The summed E-state index contributed by atoms with van der Waals surface area (Å²) >= 11 is 0. The topological polar surface area (TPSA) is 37.4 Å². The van der Waals surface area contributed by atoms with E-state index in [4.69, 9.17) is 0 Å². The number of benzene rings is 2. The molecule has 0 aromatic heterocycles. The lowest BCUT2D eigenvalue weighted by Gasteiger charge is -2.16. The number of nitrogens with zero attached hydrogens (tertiary/aromatic N) is 1. The van der Waals surface area contributed by atoms with Crippen LogP contribution < -0.4 is 0 Å². The van der Waals surface area contributed by atoms with Gasteiger partial charge in [0.15, 0.2) is 0 Å². The van der Waals surface area contributed by atoms with Crippen LogP contribution >= 0.6 is 0 Å². The third-order valence-electron chi connectivity index (χ3n) is 4.57. The SMILES string of the molecule is C=C1CN(S(=O)(=O)c2ccc(C)cc2)CC1C/C=C/c1ccccc1. The first kappa shape index (κ1) is 17.6. The Balaban J connectivity index is 1.67. The zero-order chi connectivity index (χ0) is 17.9. The molecule has 0 radical (unpaired) electrons. The fourth-order valence-electron chi connectivity index (χ4n) is 3.01. The Hall–Kier alpha value is -2.17. The van der Waals surface area contributed by atoms with Gasteiger partial charge < -0.3 is 0 Å². The lowest BCUT2D eigenvalue weighted by molar-refractivity contribution is 0.458. The lowest BCUT2D eigenvalue weighted by atomic mass is 10.00. The van der Waals surface area contributed by atoms with Crippen molar-refractivity contribution in [1.82, 2.24) is 4.31 Å². The maximum atomic E-state index is 12.8. The van der Waals surface area contributed by atoms with Crippen molar-refractivity contribution < 1.29 is 8.42 Å². The predicted octanol–water partition coefficient (Wildman–Crippen LogP) is 4.28. The molecule has 1 unspecified atom stereocenters. The van der Waals surface area contributed by atoms with Crippen LogP contribution in [0.1, 0.15) is 17.5 Å². The van der Waals surface area contributed by atoms with Gasteiger partial charge >= 0.3 is 0 Å². The summed E-state index contributed by atoms with van der Waals surface area (Å²) in [6, 6.07) is 17.1. The summed E-state index contributed by atoms with van der Waals surface area (Å²) in [5.74, 6) is 0.167. The average molecular weight is 353 g/mol. The van der Waals surface area contributed by atoms with Gasteiger partial charge in [0.05, 0.1) is 4.90 Å². The minimum atomic E-state index is -3.45. The summed E-state index contributed by atoms with van der Waals surface area (Å²) in [5, 5.41) is 0. The molecule has 0 saturated carbocycles. The van der Waals surface area contributed by atoms with Crippen molar-refractivity contribution >= 4 is 16.1 Å². The zero-order valence-electron chi connectivity index (χ0n) is 14.4. The van der Waals surface area contributed by atoms with Gasteiger partial charge in [-0.25, -0.2) is 8.42 Å². The normalized spacial score (nSPS) is 18.9. The van der Waals surface area contributed by atoms with Crippen LogP contribution in [0.3, 0.4) is 0 Å². The van der Waals surface area contributed by atoms with Crippen LogP contribution in [-0.2, 0) is 10.0 Å². The molecule has 1 aliphatic rings. The van der Waals surface area contributed by atoms with Crippen LogP contribution in [0.25, 0.3) is 6.08 Å². The van der Waals surface area contributed by atoms with Crippen LogP contribution in [0.5, 0.6) is 0 Å². The minimum absolute atomic E-state index is 0.167. The number of hydrogen-bond acceptors (Lipinski definition) is 2. The first-order valence-corrected chi connectivity index (χ1v) is 9.87. The van der Waals surface area contributed by atoms with Crippen LogP contribution in [0, 0.1) is 12.8 Å². The van der Waals surface area contributed by atoms with E-state index in [-0.39, 0.29) is 5.92 Å². The molecule has 1 saturated heterocycles. The van der Waals surface area contributed by atoms with E-state index in [1.165, 1.54) is 0 Å². The minimum Gasteiger partial charge on any atom is -0.207 e. The van der Waals surface area contributed by atoms with Crippen LogP contribution in [0.15, 0.2) is 77.7 Å². The number of hydrogen-bond donors (Lipinski definition) is 0. The van der Waals surface area contributed by atoms with Gasteiger partial charge in [-0.3, -0.25) is 0 Å². The van der Waals surface area contributed by atoms with Crippen molar-refractivity contribution in [2.75, 3.05) is 13.1 Å². The first-order valence-electron chi connectivity index (χ1n) is 8.43. The highest BCUT2D eigenvalue weighted by Crippen LogP contribution is 2.29. The summed E-state index contributed by atoms with van der Waals surface area (Å²) in [7, 11) is -3.45. The van der Waals surface area contributed by atoms with Crippen molar-refractivity contribution in [2.24, 2.45) is 5.92 Å². The molecule has 0 spiro atoms. The average Bonchev–Trinajstić information content (AvgIpc) is 2.98. The quantitative estimate of drug-likeness (QED) is 0.753. The van der Waals surface area contributed by atoms with Crippen molar-refractivity contribution in [1.29, 1.82) is 0 Å². The largest absolute Gasteiger partial charge is 0.243 e. The van der Waals surface area contributed by atoms with E-state index >= 15 is 0 Å². The van der Waals surface area contributed by atoms with E-state index in [2.05, 4.69) is 18.7 Å². The van der Waals surface area contributed by atoms with Gasteiger partial charge in [-0.1, -0.05) is 72.3 Å². The van der Waals surface area contributed by atoms with Gasteiger partial charge in [-0.05, 0) is 37.0 Å². The van der Waals surface area contributed by atoms with Gasteiger partial charge in [-0.2, -0.15) is 4.31 Å². The number of aryl methyl sites for hydroxylation is 1. The third kappa shape index (κ3) is 4.09. The number of sulfonamides is 1. The van der Waals surface area contributed by atoms with Gasteiger partial charge in [0, 0.05) is 13.1 Å². The highest BCUT2D eigenvalue weighted by atomic mass is 32.2. The Bertz CT molecular complexity index is 868. The highest BCUT2D eigenvalue weighted by Gasteiger charge is 2.34. The lowest BCUT2D eigenvalue weighted by Crippen LogP contribution is -2.28. The molecule has 2 aromatic carbocycles. The fourth-order valence-corrected chi connectivity index (χ4v) is 4.50. The van der Waals surface area contributed by atoms with E-state index in [9.17, 15) is 8.42 Å². The Kier molecular flexibility index (Phi) is 5.21. The standard InChI is InChI=1S/C21H23NO2S/c1-17-11-13-21(14-12-17)25(23,24)22-15-18(2)20(16-22)10-6-9-19-7-4-3-5-8-19/h3-9,11-14,20H,2,10,15-16H2,1H3/b9-6+. The summed E-state index contributed by atoms with van der Waals surface area (Å²) in [6.07, 6.45) is 4.98. The first-order chi connectivity index (χ1) is 12.0. The van der Waals surface area contributed by atoms with E-state index in [1.54, 1.807) is 16.4 Å². The molecule has 4 heteroatoms. The van der Waals surface area contributed by atoms with E-state index in [1.807, 2.05) is 49.4 Å². The molecule has 3 nitrogen and oxygen atoms in total. The zero-order valence-corrected chi connectivity index (χ0v) is 15.2. The second-order valence-corrected chi connectivity index (χ2v) is 8.45. The molecule has 25 heavy (non-hydrogen) atoms. The second-order valence-electron chi connectivity index (χ2n) is 6.51. The van der Waals surface area contributed by atoms with Crippen molar-refractivity contribution in [2.45, 2.75) is 18.2 Å². The van der Waals surface area contributed by atoms with Gasteiger partial charge in [0.2, 0.25) is 10.0 Å². The van der Waals surface area contributed by atoms with Gasteiger partial charge in [0.25, 0.3) is 0 Å². The maximum absolute atomic E-state index is 12.8. The van der Waals surface area contributed by atoms with Crippen molar-refractivity contribution in [3.05, 3.63) is 84.0 Å². The predicted molar refractivity (Wildman–Crippen MR) is 103 cm³/mol. The molecule has 2 aromatic rings. The Morgan fingerprint density at radius 2 is 1.80 bits per heavy atom. The molecular formula is C21H23NO2S. The second kappa shape index (κ2) is 7.38. The summed E-state index contributed by atoms with van der Waals surface area (Å²) in [5.41, 5.74) is 3.18. The molecule has 1 aliphatic heterocycles. The summed E-state index contributed by atoms with van der Waals surface area (Å²) in [6.45, 7) is 6.94. The third-order valence-corrected chi connectivity index (χ3v) is 6.40. The van der Waals surface area contributed by atoms with Crippen LogP contribution in [-0.4, -0.2) is 25.8 Å². The van der Waals surface area contributed by atoms with Crippen LogP contribution in [0.4, 0.5) is 0 Å². The summed E-state index contributed by atoms with van der Waals surface area (Å²) in [4.78, 5) is 0.353. The molecule has 0 N–H and O–H groups in total. The van der Waals surface area contributed by atoms with Crippen LogP contribution in [0.2, 0.25) is 0 Å². The Labute approximate surface area is 150 Å². The molecule has 130 valence electrons. The monoisotopic (exact) mass is 353 g/mol. The van der Waals surface area contributed by atoms with E-state index in [0.717, 1.165) is 23.1 Å². The molecule has 1 atom stereocenters. The molecule has 1 heterocycles. The van der Waals surface area contributed by atoms with E-state index < -0.39 is 10.0 Å². The van der Waals surface area contributed by atoms with Crippen molar-refractivity contribution in [3.8, 4) is 0 Å². The smallest absolute Gasteiger partial charge is 0.207 e. The molecule has 3 rings (SSSR count). The fraction of sp³-hybridized carbons (Fsp3) is 0.238. The Morgan fingerprint density at radius 3 is 2.48 bits per heavy atom.